The normalized spacial score (nSPS) is 16.8. The third-order valence-electron chi connectivity index (χ3n) is 5.21. The van der Waals surface area contributed by atoms with E-state index in [-0.39, 0.29) is 28.8 Å². The molecule has 3 heterocycles. The Kier molecular flexibility index (Phi) is 5.24. The van der Waals surface area contributed by atoms with Gasteiger partial charge in [-0.2, -0.15) is 4.98 Å². The van der Waals surface area contributed by atoms with E-state index in [4.69, 9.17) is 4.52 Å². The lowest BCUT2D eigenvalue weighted by Gasteiger charge is -2.32. The van der Waals surface area contributed by atoms with Crippen LogP contribution in [-0.4, -0.2) is 38.6 Å². The molecule has 0 saturated carbocycles. The number of carbonyl (C=O) groups is 1. The van der Waals surface area contributed by atoms with Crippen LogP contribution in [-0.2, 0) is 13.5 Å². The Labute approximate surface area is 166 Å². The third-order valence-corrected chi connectivity index (χ3v) is 5.21. The summed E-state index contributed by atoms with van der Waals surface area (Å²) in [6.07, 6.45) is 3.87. The Morgan fingerprint density at radius 1 is 1.28 bits per heavy atom. The molecule has 0 radical (unpaired) electrons. The summed E-state index contributed by atoms with van der Waals surface area (Å²) >= 11 is 0. The lowest BCUT2D eigenvalue weighted by atomic mass is 9.94. The fraction of sp³-hybridized carbons (Fsp3) is 0.333. The first-order valence-corrected chi connectivity index (χ1v) is 9.55. The maximum atomic E-state index is 13.9. The summed E-state index contributed by atoms with van der Waals surface area (Å²) in [5.41, 5.74) is 0.171. The minimum absolute atomic E-state index is 0.134. The molecule has 4 rings (SSSR count). The Balaban J connectivity index is 1.46. The first-order chi connectivity index (χ1) is 14.0. The molecular formula is C21H21FN4O3. The van der Waals surface area contributed by atoms with E-state index < -0.39 is 5.82 Å². The number of halogens is 1. The van der Waals surface area contributed by atoms with Gasteiger partial charge < -0.3 is 14.0 Å². The van der Waals surface area contributed by atoms with E-state index in [1.54, 1.807) is 48.5 Å². The quantitative estimate of drug-likeness (QED) is 0.677. The highest BCUT2D eigenvalue weighted by Crippen LogP contribution is 2.24. The van der Waals surface area contributed by atoms with Gasteiger partial charge in [0.25, 0.3) is 11.5 Å². The van der Waals surface area contributed by atoms with Crippen molar-refractivity contribution in [3.8, 4) is 11.4 Å². The summed E-state index contributed by atoms with van der Waals surface area (Å²) in [7, 11) is 1.63. The van der Waals surface area contributed by atoms with E-state index in [1.165, 1.54) is 10.6 Å². The molecule has 1 atom stereocenters. The maximum Gasteiger partial charge on any atom is 0.263 e. The summed E-state index contributed by atoms with van der Waals surface area (Å²) in [5, 5.41) is 3.89. The van der Waals surface area contributed by atoms with Crippen molar-refractivity contribution in [1.29, 1.82) is 0 Å². The largest absolute Gasteiger partial charge is 0.339 e. The van der Waals surface area contributed by atoms with Gasteiger partial charge in [-0.15, -0.1) is 0 Å². The molecule has 2 aromatic heterocycles. The molecule has 1 fully saturated rings. The van der Waals surface area contributed by atoms with Gasteiger partial charge in [0.05, 0.1) is 5.56 Å². The molecule has 1 aliphatic rings. The zero-order valence-electron chi connectivity index (χ0n) is 16.0. The van der Waals surface area contributed by atoms with E-state index in [0.29, 0.717) is 31.0 Å². The van der Waals surface area contributed by atoms with Crippen LogP contribution in [0, 0.1) is 11.7 Å². The average molecular weight is 396 g/mol. The van der Waals surface area contributed by atoms with Crippen molar-refractivity contribution in [1.82, 2.24) is 19.6 Å². The average Bonchev–Trinajstić information content (AvgIpc) is 3.18. The summed E-state index contributed by atoms with van der Waals surface area (Å²) in [4.78, 5) is 31.1. The second kappa shape index (κ2) is 7.98. The predicted octanol–water partition coefficient (Wildman–Crippen LogP) is 2.67. The molecular weight excluding hydrogens is 375 g/mol. The molecule has 0 unspecified atom stereocenters. The topological polar surface area (TPSA) is 81.2 Å². The van der Waals surface area contributed by atoms with Crippen molar-refractivity contribution in [2.75, 3.05) is 13.1 Å². The highest BCUT2D eigenvalue weighted by atomic mass is 19.1. The van der Waals surface area contributed by atoms with E-state index in [9.17, 15) is 14.0 Å². The van der Waals surface area contributed by atoms with Gasteiger partial charge in [0.15, 0.2) is 0 Å². The number of amides is 1. The molecule has 7 nitrogen and oxygen atoms in total. The van der Waals surface area contributed by atoms with Crippen LogP contribution in [0.2, 0.25) is 0 Å². The number of rotatable bonds is 4. The van der Waals surface area contributed by atoms with Gasteiger partial charge in [-0.05, 0) is 43.0 Å². The number of carbonyl (C=O) groups excluding carboxylic acids is 1. The highest BCUT2D eigenvalue weighted by Gasteiger charge is 2.27. The molecule has 1 amide bonds. The second-order valence-electron chi connectivity index (χ2n) is 7.29. The molecule has 0 spiro atoms. The zero-order chi connectivity index (χ0) is 20.4. The van der Waals surface area contributed by atoms with Crippen molar-refractivity contribution >= 4 is 5.91 Å². The maximum absolute atomic E-state index is 13.9. The molecule has 0 bridgehead atoms. The molecule has 150 valence electrons. The minimum atomic E-state index is -0.404. The van der Waals surface area contributed by atoms with Crippen molar-refractivity contribution in [3.05, 3.63) is 70.2 Å². The van der Waals surface area contributed by atoms with E-state index in [0.717, 1.165) is 12.8 Å². The van der Waals surface area contributed by atoms with Crippen LogP contribution in [0.15, 0.2) is 51.9 Å². The van der Waals surface area contributed by atoms with E-state index >= 15 is 0 Å². The van der Waals surface area contributed by atoms with Crippen LogP contribution in [0.4, 0.5) is 4.39 Å². The van der Waals surface area contributed by atoms with Crippen molar-refractivity contribution < 1.29 is 13.7 Å². The Hall–Kier alpha value is -3.29. The monoisotopic (exact) mass is 396 g/mol. The Morgan fingerprint density at radius 2 is 2.10 bits per heavy atom. The lowest BCUT2D eigenvalue weighted by Crippen LogP contribution is -2.42. The van der Waals surface area contributed by atoms with Crippen molar-refractivity contribution in [2.24, 2.45) is 13.0 Å². The number of likely N-dealkylation sites (tertiary alicyclic amines) is 1. The van der Waals surface area contributed by atoms with Gasteiger partial charge in [-0.1, -0.05) is 17.3 Å². The molecule has 1 aliphatic heterocycles. The first kappa shape index (κ1) is 19.0. The van der Waals surface area contributed by atoms with Crippen LogP contribution < -0.4 is 5.56 Å². The Bertz CT molecular complexity index is 1090. The van der Waals surface area contributed by atoms with Gasteiger partial charge in [0.1, 0.15) is 11.4 Å². The second-order valence-corrected chi connectivity index (χ2v) is 7.29. The van der Waals surface area contributed by atoms with Crippen LogP contribution in [0.3, 0.4) is 0 Å². The van der Waals surface area contributed by atoms with E-state index in [2.05, 4.69) is 10.1 Å². The standard InChI is InChI=1S/C21H21FN4O3/c1-25-10-5-8-16(20(25)27)21(28)26-11-4-6-14(13-26)12-18-23-19(24-29-18)15-7-2-3-9-17(15)22/h2-3,5,7-10,14H,4,6,11-13H2,1H3/t14-/m0/s1. The molecule has 1 aromatic carbocycles. The van der Waals surface area contributed by atoms with Crippen LogP contribution in [0.1, 0.15) is 29.1 Å². The van der Waals surface area contributed by atoms with Crippen molar-refractivity contribution in [2.45, 2.75) is 19.3 Å². The predicted molar refractivity (Wildman–Crippen MR) is 104 cm³/mol. The van der Waals surface area contributed by atoms with E-state index in [1.807, 2.05) is 0 Å². The number of hydrogen-bond donors (Lipinski definition) is 0. The van der Waals surface area contributed by atoms with Crippen molar-refractivity contribution in [3.63, 3.8) is 0 Å². The summed E-state index contributed by atoms with van der Waals surface area (Å²) in [5.74, 6) is 0.106. The number of hydrogen-bond acceptors (Lipinski definition) is 5. The minimum Gasteiger partial charge on any atom is -0.339 e. The van der Waals surface area contributed by atoms with Crippen LogP contribution in [0.5, 0.6) is 0 Å². The number of piperidine rings is 1. The number of pyridine rings is 1. The van der Waals surface area contributed by atoms with Crippen LogP contribution >= 0.6 is 0 Å². The molecule has 29 heavy (non-hydrogen) atoms. The smallest absolute Gasteiger partial charge is 0.263 e. The fourth-order valence-corrected chi connectivity index (χ4v) is 3.68. The summed E-state index contributed by atoms with van der Waals surface area (Å²) in [6, 6.07) is 9.53. The van der Waals surface area contributed by atoms with Gasteiger partial charge in [0.2, 0.25) is 11.7 Å². The highest BCUT2D eigenvalue weighted by molar-refractivity contribution is 5.93. The third kappa shape index (κ3) is 3.96. The summed E-state index contributed by atoms with van der Waals surface area (Å²) in [6.45, 7) is 1.12. The van der Waals surface area contributed by atoms with Gasteiger partial charge in [0, 0.05) is 32.8 Å². The van der Waals surface area contributed by atoms with Gasteiger partial charge >= 0.3 is 0 Å². The fourth-order valence-electron chi connectivity index (χ4n) is 3.68. The number of benzene rings is 1. The lowest BCUT2D eigenvalue weighted by molar-refractivity contribution is 0.0665. The molecule has 3 aromatic rings. The SMILES string of the molecule is Cn1cccc(C(=O)N2CCC[C@@H](Cc3nc(-c4ccccc4F)no3)C2)c1=O. The zero-order valence-corrected chi connectivity index (χ0v) is 16.0. The Morgan fingerprint density at radius 3 is 2.93 bits per heavy atom. The number of nitrogens with zero attached hydrogens (tertiary/aromatic N) is 4. The van der Waals surface area contributed by atoms with Gasteiger partial charge in [-0.25, -0.2) is 4.39 Å². The summed E-state index contributed by atoms with van der Waals surface area (Å²) < 4.78 is 20.6. The number of aromatic nitrogens is 3. The van der Waals surface area contributed by atoms with Gasteiger partial charge in [-0.3, -0.25) is 9.59 Å². The number of aryl methyl sites for hydroxylation is 1. The molecule has 1 saturated heterocycles. The molecule has 0 N–H and O–H groups in total. The molecule has 8 heteroatoms. The van der Waals surface area contributed by atoms with Crippen LogP contribution in [0.25, 0.3) is 11.4 Å². The first-order valence-electron chi connectivity index (χ1n) is 9.55. The molecule has 0 aliphatic carbocycles.